The quantitative estimate of drug-likeness (QED) is 0.208. The molecule has 0 aliphatic heterocycles. The molecule has 0 fully saturated rings. The van der Waals surface area contributed by atoms with E-state index in [1.165, 1.54) is 34.9 Å². The summed E-state index contributed by atoms with van der Waals surface area (Å²) in [6, 6.07) is 20.4. The lowest BCUT2D eigenvalue weighted by molar-refractivity contribution is -0.384. The van der Waals surface area contributed by atoms with E-state index in [4.69, 9.17) is 16.0 Å². The van der Waals surface area contributed by atoms with Crippen LogP contribution in [0.2, 0.25) is 5.02 Å². The lowest BCUT2D eigenvalue weighted by atomic mass is 10.1. The first-order chi connectivity index (χ1) is 16.9. The molecule has 0 atom stereocenters. The second-order valence-corrected chi connectivity index (χ2v) is 7.98. The van der Waals surface area contributed by atoms with Crippen LogP contribution in [-0.2, 0) is 0 Å². The largest absolute Gasteiger partial charge is 0.457 e. The second kappa shape index (κ2) is 9.00. The van der Waals surface area contributed by atoms with Gasteiger partial charge in [0.15, 0.2) is 0 Å². The van der Waals surface area contributed by atoms with Gasteiger partial charge in [0.2, 0.25) is 0 Å². The maximum atomic E-state index is 13.8. The van der Waals surface area contributed by atoms with Crippen LogP contribution in [0.4, 0.5) is 10.1 Å². The first-order valence-corrected chi connectivity index (χ1v) is 10.8. The summed E-state index contributed by atoms with van der Waals surface area (Å²) in [6.07, 6.45) is 3.22. The van der Waals surface area contributed by atoms with Crippen molar-refractivity contribution in [3.63, 3.8) is 0 Å². The Hall–Kier alpha value is -4.56. The number of nitro groups is 1. The normalized spacial score (nSPS) is 11.4. The molecule has 2 heterocycles. The van der Waals surface area contributed by atoms with Gasteiger partial charge in [-0.25, -0.2) is 9.37 Å². The van der Waals surface area contributed by atoms with Crippen LogP contribution >= 0.6 is 11.6 Å². The molecule has 0 unspecified atom stereocenters. The predicted molar refractivity (Wildman–Crippen MR) is 132 cm³/mol. The first kappa shape index (κ1) is 22.2. The molecule has 0 saturated heterocycles. The standard InChI is InChI=1S/C26H15ClFN3O4/c27-21-15-17(8-11-22(21)28)30-25(29-23-7-2-1-6-20(23)26(30)32)13-10-19-9-12-24(35-19)16-4-3-5-18(14-16)31(33)34/h1-15H/b13-10+. The summed E-state index contributed by atoms with van der Waals surface area (Å²) in [4.78, 5) is 28.5. The first-order valence-electron chi connectivity index (χ1n) is 10.4. The van der Waals surface area contributed by atoms with E-state index in [-0.39, 0.29) is 22.1 Å². The topological polar surface area (TPSA) is 91.2 Å². The molecule has 0 amide bonds. The molecule has 0 radical (unpaired) electrons. The molecule has 172 valence electrons. The summed E-state index contributed by atoms with van der Waals surface area (Å²) in [5.41, 5.74) is 1.03. The van der Waals surface area contributed by atoms with Gasteiger partial charge in [-0.3, -0.25) is 19.5 Å². The Balaban J connectivity index is 1.58. The maximum absolute atomic E-state index is 13.8. The van der Waals surface area contributed by atoms with Gasteiger partial charge in [0.05, 0.1) is 26.5 Å². The highest BCUT2D eigenvalue weighted by Crippen LogP contribution is 2.27. The Morgan fingerprint density at radius 1 is 1.00 bits per heavy atom. The SMILES string of the molecule is O=c1c2ccccc2nc(/C=C/c2ccc(-c3cccc([N+](=O)[O-])c3)o2)n1-c1ccc(F)c(Cl)c1. The molecule has 2 aromatic heterocycles. The number of benzene rings is 3. The number of hydrogen-bond acceptors (Lipinski definition) is 5. The van der Waals surface area contributed by atoms with Crippen molar-refractivity contribution < 1.29 is 13.7 Å². The van der Waals surface area contributed by atoms with E-state index in [0.29, 0.717) is 33.7 Å². The number of rotatable bonds is 5. The highest BCUT2D eigenvalue weighted by atomic mass is 35.5. The summed E-state index contributed by atoms with van der Waals surface area (Å²) in [7, 11) is 0. The van der Waals surface area contributed by atoms with E-state index in [1.807, 2.05) is 0 Å². The van der Waals surface area contributed by atoms with E-state index in [0.717, 1.165) is 0 Å². The van der Waals surface area contributed by atoms with Crippen molar-refractivity contribution in [1.82, 2.24) is 9.55 Å². The minimum absolute atomic E-state index is 0.0432. The average Bonchev–Trinajstić information content (AvgIpc) is 3.34. The zero-order valence-electron chi connectivity index (χ0n) is 17.9. The van der Waals surface area contributed by atoms with Crippen molar-refractivity contribution >= 4 is 40.3 Å². The lowest BCUT2D eigenvalue weighted by Gasteiger charge is -2.12. The molecule has 7 nitrogen and oxygen atoms in total. The summed E-state index contributed by atoms with van der Waals surface area (Å²) in [5, 5.41) is 11.3. The Kier molecular flexibility index (Phi) is 5.72. The molecule has 0 N–H and O–H groups in total. The summed E-state index contributed by atoms with van der Waals surface area (Å²) in [6.45, 7) is 0. The lowest BCUT2D eigenvalue weighted by Crippen LogP contribution is -2.22. The number of hydrogen-bond donors (Lipinski definition) is 0. The van der Waals surface area contributed by atoms with Gasteiger partial charge in [0.1, 0.15) is 23.2 Å². The molecule has 5 aromatic rings. The van der Waals surface area contributed by atoms with E-state index in [1.54, 1.807) is 60.7 Å². The number of fused-ring (bicyclic) bond motifs is 1. The fraction of sp³-hybridized carbons (Fsp3) is 0. The maximum Gasteiger partial charge on any atom is 0.270 e. The molecule has 35 heavy (non-hydrogen) atoms. The highest BCUT2D eigenvalue weighted by Gasteiger charge is 2.13. The molecule has 5 rings (SSSR count). The Bertz CT molecular complexity index is 1690. The van der Waals surface area contributed by atoms with Crippen LogP contribution in [0.25, 0.3) is 40.1 Å². The van der Waals surface area contributed by atoms with E-state index in [9.17, 15) is 19.3 Å². The second-order valence-electron chi connectivity index (χ2n) is 7.57. The van der Waals surface area contributed by atoms with Crippen molar-refractivity contribution in [1.29, 1.82) is 0 Å². The van der Waals surface area contributed by atoms with Crippen molar-refractivity contribution in [2.24, 2.45) is 0 Å². The van der Waals surface area contributed by atoms with Gasteiger partial charge < -0.3 is 4.42 Å². The molecule has 0 saturated carbocycles. The number of non-ortho nitro benzene ring substituents is 1. The fourth-order valence-corrected chi connectivity index (χ4v) is 3.84. The van der Waals surface area contributed by atoms with Gasteiger partial charge >= 0.3 is 0 Å². The fourth-order valence-electron chi connectivity index (χ4n) is 3.66. The van der Waals surface area contributed by atoms with Crippen molar-refractivity contribution in [2.75, 3.05) is 0 Å². The Morgan fingerprint density at radius 2 is 1.83 bits per heavy atom. The van der Waals surface area contributed by atoms with Gasteiger partial charge in [0, 0.05) is 17.7 Å². The average molecular weight is 488 g/mol. The van der Waals surface area contributed by atoms with Crippen LogP contribution in [0.3, 0.4) is 0 Å². The van der Waals surface area contributed by atoms with Crippen LogP contribution in [0.15, 0.2) is 88.1 Å². The zero-order chi connectivity index (χ0) is 24.5. The van der Waals surface area contributed by atoms with E-state index >= 15 is 0 Å². The number of nitrogens with zero attached hydrogens (tertiary/aromatic N) is 3. The number of halogens is 2. The molecule has 0 aliphatic rings. The minimum Gasteiger partial charge on any atom is -0.457 e. The Labute approximate surface area is 202 Å². The van der Waals surface area contributed by atoms with Crippen LogP contribution < -0.4 is 5.56 Å². The van der Waals surface area contributed by atoms with Crippen molar-refractivity contribution in [3.05, 3.63) is 122 Å². The van der Waals surface area contributed by atoms with Crippen LogP contribution in [0, 0.1) is 15.9 Å². The van der Waals surface area contributed by atoms with Crippen LogP contribution in [0.1, 0.15) is 11.6 Å². The van der Waals surface area contributed by atoms with Crippen LogP contribution in [0.5, 0.6) is 0 Å². The number of para-hydroxylation sites is 1. The van der Waals surface area contributed by atoms with Gasteiger partial charge in [-0.05, 0) is 54.6 Å². The van der Waals surface area contributed by atoms with Gasteiger partial charge in [-0.2, -0.15) is 0 Å². The highest BCUT2D eigenvalue weighted by molar-refractivity contribution is 6.30. The molecule has 0 bridgehead atoms. The zero-order valence-corrected chi connectivity index (χ0v) is 18.6. The molecule has 0 spiro atoms. The summed E-state index contributed by atoms with van der Waals surface area (Å²) < 4.78 is 20.9. The third kappa shape index (κ3) is 4.34. The van der Waals surface area contributed by atoms with Crippen molar-refractivity contribution in [2.45, 2.75) is 0 Å². The Morgan fingerprint density at radius 3 is 2.63 bits per heavy atom. The van der Waals surface area contributed by atoms with E-state index in [2.05, 4.69) is 4.98 Å². The van der Waals surface area contributed by atoms with Gasteiger partial charge in [-0.15, -0.1) is 0 Å². The molecule has 0 aliphatic carbocycles. The number of nitro benzene ring substituents is 1. The monoisotopic (exact) mass is 487 g/mol. The third-order valence-corrected chi connectivity index (χ3v) is 5.62. The molecule has 3 aromatic carbocycles. The minimum atomic E-state index is -0.599. The van der Waals surface area contributed by atoms with Gasteiger partial charge in [0.25, 0.3) is 11.2 Å². The van der Waals surface area contributed by atoms with Crippen LogP contribution in [-0.4, -0.2) is 14.5 Å². The van der Waals surface area contributed by atoms with Gasteiger partial charge in [-0.1, -0.05) is 35.9 Å². The predicted octanol–water partition coefficient (Wildman–Crippen LogP) is 6.52. The van der Waals surface area contributed by atoms with Crippen molar-refractivity contribution in [3.8, 4) is 17.0 Å². The molecule has 9 heteroatoms. The van der Waals surface area contributed by atoms with E-state index < -0.39 is 10.7 Å². The molecular formula is C26H15ClFN3O4. The summed E-state index contributed by atoms with van der Waals surface area (Å²) in [5.74, 6) is 0.573. The molecular weight excluding hydrogens is 473 g/mol. The number of furan rings is 1. The third-order valence-electron chi connectivity index (χ3n) is 5.33. The summed E-state index contributed by atoms with van der Waals surface area (Å²) >= 11 is 5.97. The number of aromatic nitrogens is 2. The smallest absolute Gasteiger partial charge is 0.270 e.